The molecule has 2 amide bonds. The number of carbonyl (C=O) groups excluding carboxylic acids is 4. The first-order valence-corrected chi connectivity index (χ1v) is 6.33. The van der Waals surface area contributed by atoms with E-state index in [9.17, 15) is 19.2 Å². The number of hydrogen-bond donors (Lipinski definition) is 2. The molecule has 8 nitrogen and oxygen atoms in total. The van der Waals surface area contributed by atoms with Crippen molar-refractivity contribution in [1.82, 2.24) is 10.9 Å². The average Bonchev–Trinajstić information content (AvgIpc) is 2.49. The summed E-state index contributed by atoms with van der Waals surface area (Å²) in [5.41, 5.74) is 4.62. The Bertz CT molecular complexity index is 567. The van der Waals surface area contributed by atoms with E-state index < -0.39 is 24.4 Å². The summed E-state index contributed by atoms with van der Waals surface area (Å²) in [6, 6.07) is 6.24. The van der Waals surface area contributed by atoms with E-state index in [-0.39, 0.29) is 12.4 Å². The van der Waals surface area contributed by atoms with Crippen molar-refractivity contribution < 1.29 is 28.7 Å². The lowest BCUT2D eigenvalue weighted by Crippen LogP contribution is -2.42. The van der Waals surface area contributed by atoms with E-state index in [0.29, 0.717) is 11.3 Å². The lowest BCUT2D eigenvalue weighted by molar-refractivity contribution is -0.150. The molecule has 0 aliphatic heterocycles. The van der Waals surface area contributed by atoms with Crippen LogP contribution in [0.25, 0.3) is 0 Å². The topological polar surface area (TPSA) is 111 Å². The highest BCUT2D eigenvalue weighted by Gasteiger charge is 2.09. The minimum atomic E-state index is -0.742. The van der Waals surface area contributed by atoms with Gasteiger partial charge in [-0.25, -0.2) is 4.79 Å². The minimum Gasteiger partial charge on any atom is -0.482 e. The fourth-order valence-corrected chi connectivity index (χ4v) is 1.31. The van der Waals surface area contributed by atoms with Crippen LogP contribution >= 0.6 is 0 Å². The molecule has 0 saturated heterocycles. The van der Waals surface area contributed by atoms with Crippen LogP contribution in [0.1, 0.15) is 24.2 Å². The number of hydrazine groups is 1. The van der Waals surface area contributed by atoms with Crippen molar-refractivity contribution >= 4 is 23.6 Å². The van der Waals surface area contributed by atoms with Crippen LogP contribution in [0.4, 0.5) is 0 Å². The molecule has 2 N–H and O–H groups in total. The molecule has 0 atom stereocenters. The van der Waals surface area contributed by atoms with Gasteiger partial charge in [0, 0.05) is 12.5 Å². The Morgan fingerprint density at radius 3 is 2.14 bits per heavy atom. The van der Waals surface area contributed by atoms with Crippen LogP contribution in [-0.2, 0) is 19.1 Å². The van der Waals surface area contributed by atoms with Crippen LogP contribution in [0, 0.1) is 0 Å². The van der Waals surface area contributed by atoms with Gasteiger partial charge in [0.2, 0.25) is 5.91 Å². The van der Waals surface area contributed by atoms with Crippen LogP contribution in [0.2, 0.25) is 0 Å². The molecule has 1 aromatic rings. The number of amides is 2. The molecule has 0 spiro atoms. The minimum absolute atomic E-state index is 0.0730. The Morgan fingerprint density at radius 2 is 1.59 bits per heavy atom. The van der Waals surface area contributed by atoms with Crippen molar-refractivity contribution in [2.45, 2.75) is 13.8 Å². The molecule has 22 heavy (non-hydrogen) atoms. The maximum absolute atomic E-state index is 11.4. The summed E-state index contributed by atoms with van der Waals surface area (Å²) in [5, 5.41) is 0. The zero-order valence-corrected chi connectivity index (χ0v) is 12.2. The van der Waals surface area contributed by atoms with Crippen LogP contribution in [0.15, 0.2) is 24.3 Å². The Labute approximate surface area is 126 Å². The number of ether oxygens (including phenoxy) is 2. The fraction of sp³-hybridized carbons (Fsp3) is 0.286. The van der Waals surface area contributed by atoms with Gasteiger partial charge in [0.15, 0.2) is 19.0 Å². The van der Waals surface area contributed by atoms with Crippen molar-refractivity contribution in [2.75, 3.05) is 13.2 Å². The number of ketones is 1. The van der Waals surface area contributed by atoms with Gasteiger partial charge in [-0.05, 0) is 31.2 Å². The second-order valence-electron chi connectivity index (χ2n) is 4.26. The van der Waals surface area contributed by atoms with Gasteiger partial charge in [0.25, 0.3) is 5.91 Å². The molecule has 1 aromatic carbocycles. The van der Waals surface area contributed by atoms with Gasteiger partial charge in [-0.1, -0.05) is 0 Å². The van der Waals surface area contributed by atoms with Crippen LogP contribution in [0.3, 0.4) is 0 Å². The SMILES string of the molecule is CC(=O)NNC(=O)COC(=O)COc1ccc(C(C)=O)cc1. The van der Waals surface area contributed by atoms with E-state index in [0.717, 1.165) is 0 Å². The molecule has 0 aliphatic carbocycles. The molecule has 0 bridgehead atoms. The maximum Gasteiger partial charge on any atom is 0.344 e. The molecule has 0 radical (unpaired) electrons. The Balaban J connectivity index is 2.29. The van der Waals surface area contributed by atoms with Crippen molar-refractivity contribution in [1.29, 1.82) is 0 Å². The molecular weight excluding hydrogens is 292 g/mol. The molecule has 118 valence electrons. The number of hydrogen-bond acceptors (Lipinski definition) is 6. The van der Waals surface area contributed by atoms with Gasteiger partial charge < -0.3 is 9.47 Å². The third-order valence-corrected chi connectivity index (χ3v) is 2.36. The van der Waals surface area contributed by atoms with Gasteiger partial charge in [-0.2, -0.15) is 0 Å². The standard InChI is InChI=1S/C14H16N2O6/c1-9(17)11-3-5-12(6-4-11)21-8-14(20)22-7-13(19)16-15-10(2)18/h3-6H,7-8H2,1-2H3,(H,15,18)(H,16,19). The lowest BCUT2D eigenvalue weighted by atomic mass is 10.1. The monoisotopic (exact) mass is 308 g/mol. The van der Waals surface area contributed by atoms with Crippen LogP contribution in [0.5, 0.6) is 5.75 Å². The van der Waals surface area contributed by atoms with Crippen molar-refractivity contribution in [2.24, 2.45) is 0 Å². The molecular formula is C14H16N2O6. The Kier molecular flexibility index (Phi) is 6.55. The molecule has 0 saturated carbocycles. The van der Waals surface area contributed by atoms with Crippen molar-refractivity contribution in [3.8, 4) is 5.75 Å². The third kappa shape index (κ3) is 6.51. The summed E-state index contributed by atoms with van der Waals surface area (Å²) < 4.78 is 9.78. The number of benzene rings is 1. The first-order chi connectivity index (χ1) is 10.4. The van der Waals surface area contributed by atoms with Gasteiger partial charge in [-0.15, -0.1) is 0 Å². The average molecular weight is 308 g/mol. The summed E-state index contributed by atoms with van der Waals surface area (Å²) in [7, 11) is 0. The van der Waals surface area contributed by atoms with E-state index in [2.05, 4.69) is 10.2 Å². The Morgan fingerprint density at radius 1 is 0.955 bits per heavy atom. The van der Waals surface area contributed by atoms with Crippen LogP contribution < -0.4 is 15.6 Å². The molecule has 0 aliphatic rings. The smallest absolute Gasteiger partial charge is 0.344 e. The summed E-state index contributed by atoms with van der Waals surface area (Å²) in [4.78, 5) is 44.1. The summed E-state index contributed by atoms with van der Waals surface area (Å²) >= 11 is 0. The summed E-state index contributed by atoms with van der Waals surface area (Å²) in [5.74, 6) is -1.54. The maximum atomic E-state index is 11.4. The molecule has 1 rings (SSSR count). The van der Waals surface area contributed by atoms with E-state index in [1.807, 2.05) is 5.43 Å². The lowest BCUT2D eigenvalue weighted by Gasteiger charge is -2.08. The van der Waals surface area contributed by atoms with E-state index in [1.54, 1.807) is 24.3 Å². The van der Waals surface area contributed by atoms with Crippen molar-refractivity contribution in [3.05, 3.63) is 29.8 Å². The number of carbonyl (C=O) groups is 4. The second kappa shape index (κ2) is 8.40. The zero-order valence-electron chi connectivity index (χ0n) is 12.2. The first kappa shape index (κ1) is 17.2. The van der Waals surface area contributed by atoms with E-state index in [4.69, 9.17) is 4.74 Å². The number of Topliss-reactive ketones (excluding diaryl/α,β-unsaturated/α-hetero) is 1. The number of rotatable bonds is 6. The Hall–Kier alpha value is -2.90. The van der Waals surface area contributed by atoms with E-state index in [1.165, 1.54) is 13.8 Å². The highest BCUT2D eigenvalue weighted by atomic mass is 16.6. The van der Waals surface area contributed by atoms with Crippen LogP contribution in [-0.4, -0.2) is 36.8 Å². The first-order valence-electron chi connectivity index (χ1n) is 6.33. The molecule has 0 aromatic heterocycles. The van der Waals surface area contributed by atoms with Gasteiger partial charge in [-0.3, -0.25) is 25.2 Å². The van der Waals surface area contributed by atoms with Gasteiger partial charge >= 0.3 is 5.97 Å². The predicted molar refractivity (Wildman–Crippen MR) is 74.9 cm³/mol. The van der Waals surface area contributed by atoms with Crippen molar-refractivity contribution in [3.63, 3.8) is 0 Å². The predicted octanol–water partition coefficient (Wildman–Crippen LogP) is -0.0215. The highest BCUT2D eigenvalue weighted by molar-refractivity contribution is 5.94. The van der Waals surface area contributed by atoms with Gasteiger partial charge in [0.05, 0.1) is 0 Å². The molecule has 0 heterocycles. The quantitative estimate of drug-likeness (QED) is 0.434. The molecule has 0 unspecified atom stereocenters. The summed E-state index contributed by atoms with van der Waals surface area (Å²) in [6.45, 7) is 1.75. The highest BCUT2D eigenvalue weighted by Crippen LogP contribution is 2.12. The fourth-order valence-electron chi connectivity index (χ4n) is 1.31. The molecule has 0 fully saturated rings. The number of esters is 1. The normalized spacial score (nSPS) is 9.55. The number of nitrogens with one attached hydrogen (secondary N) is 2. The largest absolute Gasteiger partial charge is 0.482 e. The second-order valence-corrected chi connectivity index (χ2v) is 4.26. The zero-order chi connectivity index (χ0) is 16.5. The van der Waals surface area contributed by atoms with E-state index >= 15 is 0 Å². The molecule has 8 heteroatoms. The third-order valence-electron chi connectivity index (χ3n) is 2.36. The summed E-state index contributed by atoms with van der Waals surface area (Å²) in [6.07, 6.45) is 0. The van der Waals surface area contributed by atoms with Gasteiger partial charge in [0.1, 0.15) is 5.75 Å².